The third-order valence-corrected chi connectivity index (χ3v) is 4.50. The Bertz CT molecular complexity index is 430. The molecule has 0 spiro atoms. The third-order valence-electron chi connectivity index (χ3n) is 4.50. The molecule has 1 saturated heterocycles. The number of nitrogens with zero attached hydrogens (tertiary/aromatic N) is 2. The molecule has 2 heterocycles. The lowest BCUT2D eigenvalue weighted by atomic mass is 9.88. The van der Waals surface area contributed by atoms with E-state index in [2.05, 4.69) is 44.0 Å². The van der Waals surface area contributed by atoms with Crippen molar-refractivity contribution in [2.75, 3.05) is 24.5 Å². The van der Waals surface area contributed by atoms with Crippen molar-refractivity contribution in [1.82, 2.24) is 10.3 Å². The number of anilines is 1. The summed E-state index contributed by atoms with van der Waals surface area (Å²) in [5, 5.41) is 3.44. The van der Waals surface area contributed by atoms with Gasteiger partial charge in [-0.2, -0.15) is 0 Å². The molecular weight excluding hydrogens is 246 g/mol. The van der Waals surface area contributed by atoms with Crippen LogP contribution in [0.15, 0.2) is 12.3 Å². The first kappa shape index (κ1) is 15.3. The van der Waals surface area contributed by atoms with E-state index in [-0.39, 0.29) is 0 Å². The zero-order valence-corrected chi connectivity index (χ0v) is 13.4. The Morgan fingerprint density at radius 1 is 1.35 bits per heavy atom. The van der Waals surface area contributed by atoms with Crippen LogP contribution in [0, 0.1) is 18.8 Å². The quantitative estimate of drug-likeness (QED) is 0.835. The predicted octanol–water partition coefficient (Wildman–Crippen LogP) is 3.37. The number of rotatable bonds is 5. The first-order valence-electron chi connectivity index (χ1n) is 8.03. The molecule has 1 aliphatic rings. The molecule has 1 aromatic heterocycles. The Hall–Kier alpha value is -1.09. The van der Waals surface area contributed by atoms with Gasteiger partial charge in [-0.1, -0.05) is 20.8 Å². The van der Waals surface area contributed by atoms with Gasteiger partial charge in [-0.15, -0.1) is 0 Å². The van der Waals surface area contributed by atoms with Crippen molar-refractivity contribution in [2.24, 2.45) is 11.8 Å². The number of pyridine rings is 1. The molecule has 20 heavy (non-hydrogen) atoms. The van der Waals surface area contributed by atoms with Crippen LogP contribution in [0.2, 0.25) is 0 Å². The standard InChI is InChI=1S/C17H29N3/c1-5-7-18-10-16-9-14(3)17(19-11-16)20-8-6-13(2)15(4)12-20/h9,11,13,15,18H,5-8,10,12H2,1-4H3. The minimum atomic E-state index is 0.760. The van der Waals surface area contributed by atoms with Gasteiger partial charge in [0.1, 0.15) is 5.82 Å². The highest BCUT2D eigenvalue weighted by molar-refractivity contribution is 5.47. The molecule has 0 amide bonds. The lowest BCUT2D eigenvalue weighted by Gasteiger charge is -2.36. The zero-order chi connectivity index (χ0) is 14.5. The summed E-state index contributed by atoms with van der Waals surface area (Å²) in [5.41, 5.74) is 2.60. The molecule has 0 saturated carbocycles. The van der Waals surface area contributed by atoms with Gasteiger partial charge in [0.25, 0.3) is 0 Å². The van der Waals surface area contributed by atoms with E-state index in [1.54, 1.807) is 0 Å². The van der Waals surface area contributed by atoms with Gasteiger partial charge >= 0.3 is 0 Å². The van der Waals surface area contributed by atoms with Gasteiger partial charge < -0.3 is 10.2 Å². The summed E-state index contributed by atoms with van der Waals surface area (Å²) in [5.74, 6) is 2.78. The van der Waals surface area contributed by atoms with Crippen LogP contribution >= 0.6 is 0 Å². The van der Waals surface area contributed by atoms with E-state index in [9.17, 15) is 0 Å². The Morgan fingerprint density at radius 3 is 2.80 bits per heavy atom. The van der Waals surface area contributed by atoms with E-state index in [1.165, 1.54) is 29.8 Å². The highest BCUT2D eigenvalue weighted by Crippen LogP contribution is 2.27. The van der Waals surface area contributed by atoms with Gasteiger partial charge in [0.15, 0.2) is 0 Å². The van der Waals surface area contributed by atoms with Crippen LogP contribution in [0.5, 0.6) is 0 Å². The number of aromatic nitrogens is 1. The normalized spacial score (nSPS) is 23.1. The Morgan fingerprint density at radius 2 is 2.15 bits per heavy atom. The fourth-order valence-corrected chi connectivity index (χ4v) is 2.92. The number of nitrogens with one attached hydrogen (secondary N) is 1. The van der Waals surface area contributed by atoms with Crippen molar-refractivity contribution in [1.29, 1.82) is 0 Å². The molecule has 1 aliphatic heterocycles. The minimum Gasteiger partial charge on any atom is -0.356 e. The second-order valence-electron chi connectivity index (χ2n) is 6.35. The van der Waals surface area contributed by atoms with Crippen molar-refractivity contribution in [3.8, 4) is 0 Å². The van der Waals surface area contributed by atoms with E-state index in [0.29, 0.717) is 0 Å². The van der Waals surface area contributed by atoms with E-state index >= 15 is 0 Å². The summed E-state index contributed by atoms with van der Waals surface area (Å²) < 4.78 is 0. The highest BCUT2D eigenvalue weighted by atomic mass is 15.2. The first-order valence-corrected chi connectivity index (χ1v) is 8.03. The van der Waals surface area contributed by atoms with Gasteiger partial charge in [-0.3, -0.25) is 0 Å². The molecule has 1 fully saturated rings. The maximum Gasteiger partial charge on any atom is 0.131 e. The number of piperidine rings is 1. The molecule has 0 aromatic carbocycles. The van der Waals surface area contributed by atoms with E-state index in [0.717, 1.165) is 38.0 Å². The highest BCUT2D eigenvalue weighted by Gasteiger charge is 2.24. The summed E-state index contributed by atoms with van der Waals surface area (Å²) >= 11 is 0. The molecule has 0 radical (unpaired) electrons. The summed E-state index contributed by atoms with van der Waals surface area (Å²) in [6.07, 6.45) is 4.49. The summed E-state index contributed by atoms with van der Waals surface area (Å²) in [7, 11) is 0. The smallest absolute Gasteiger partial charge is 0.131 e. The summed E-state index contributed by atoms with van der Waals surface area (Å²) in [4.78, 5) is 7.19. The maximum absolute atomic E-state index is 4.73. The van der Waals surface area contributed by atoms with Gasteiger partial charge in [-0.05, 0) is 55.3 Å². The van der Waals surface area contributed by atoms with Crippen LogP contribution in [0.25, 0.3) is 0 Å². The molecule has 1 N–H and O–H groups in total. The van der Waals surface area contributed by atoms with Crippen molar-refractivity contribution < 1.29 is 0 Å². The van der Waals surface area contributed by atoms with Gasteiger partial charge in [-0.25, -0.2) is 4.98 Å². The third kappa shape index (κ3) is 3.72. The van der Waals surface area contributed by atoms with E-state index in [4.69, 9.17) is 4.98 Å². The van der Waals surface area contributed by atoms with Crippen molar-refractivity contribution >= 4 is 5.82 Å². The fraction of sp³-hybridized carbons (Fsp3) is 0.706. The molecule has 0 aliphatic carbocycles. The largest absolute Gasteiger partial charge is 0.356 e. The molecule has 2 atom stereocenters. The first-order chi connectivity index (χ1) is 9.61. The van der Waals surface area contributed by atoms with Crippen LogP contribution in [0.1, 0.15) is 44.7 Å². The van der Waals surface area contributed by atoms with Crippen LogP contribution in [-0.2, 0) is 6.54 Å². The molecule has 3 nitrogen and oxygen atoms in total. The van der Waals surface area contributed by atoms with Crippen LogP contribution in [-0.4, -0.2) is 24.6 Å². The molecular formula is C17H29N3. The van der Waals surface area contributed by atoms with Crippen molar-refractivity contribution in [3.05, 3.63) is 23.4 Å². The number of hydrogen-bond donors (Lipinski definition) is 1. The molecule has 0 bridgehead atoms. The van der Waals surface area contributed by atoms with Gasteiger partial charge in [0, 0.05) is 25.8 Å². The van der Waals surface area contributed by atoms with Crippen molar-refractivity contribution in [3.63, 3.8) is 0 Å². The van der Waals surface area contributed by atoms with Gasteiger partial charge in [0.2, 0.25) is 0 Å². The van der Waals surface area contributed by atoms with Crippen molar-refractivity contribution in [2.45, 2.75) is 47.1 Å². The minimum absolute atomic E-state index is 0.760. The van der Waals surface area contributed by atoms with Crippen LogP contribution in [0.4, 0.5) is 5.82 Å². The molecule has 3 heteroatoms. The van der Waals surface area contributed by atoms with Gasteiger partial charge in [0.05, 0.1) is 0 Å². The SMILES string of the molecule is CCCNCc1cnc(N2CCC(C)C(C)C2)c(C)c1. The van der Waals surface area contributed by atoms with Crippen LogP contribution in [0.3, 0.4) is 0 Å². The summed E-state index contributed by atoms with van der Waals surface area (Å²) in [6.45, 7) is 13.4. The second kappa shape index (κ2) is 7.07. The van der Waals surface area contributed by atoms with E-state index in [1.807, 2.05) is 6.20 Å². The Balaban J connectivity index is 2.02. The predicted molar refractivity (Wildman–Crippen MR) is 86.1 cm³/mol. The Labute approximate surface area is 123 Å². The molecule has 112 valence electrons. The fourth-order valence-electron chi connectivity index (χ4n) is 2.92. The maximum atomic E-state index is 4.73. The molecule has 2 unspecified atom stereocenters. The lowest BCUT2D eigenvalue weighted by Crippen LogP contribution is -2.39. The lowest BCUT2D eigenvalue weighted by molar-refractivity contribution is 0.322. The average molecular weight is 275 g/mol. The van der Waals surface area contributed by atoms with Crippen LogP contribution < -0.4 is 10.2 Å². The second-order valence-corrected chi connectivity index (χ2v) is 6.35. The molecule has 2 rings (SSSR count). The van der Waals surface area contributed by atoms with E-state index < -0.39 is 0 Å². The number of hydrogen-bond acceptors (Lipinski definition) is 3. The zero-order valence-electron chi connectivity index (χ0n) is 13.4. The number of aryl methyl sites for hydroxylation is 1. The summed E-state index contributed by atoms with van der Waals surface area (Å²) in [6, 6.07) is 2.29. The average Bonchev–Trinajstić information content (AvgIpc) is 2.43. The monoisotopic (exact) mass is 275 g/mol. The Kier molecular flexibility index (Phi) is 5.41. The topological polar surface area (TPSA) is 28.2 Å². The molecule has 1 aromatic rings.